The van der Waals surface area contributed by atoms with Gasteiger partial charge in [-0.05, 0) is 117 Å². The van der Waals surface area contributed by atoms with Crippen LogP contribution in [0.5, 0.6) is 0 Å². The molecule has 2 N–H and O–H groups in total. The van der Waals surface area contributed by atoms with Crippen LogP contribution in [0.2, 0.25) is 0 Å². The molecule has 0 spiro atoms. The Kier molecular flexibility index (Phi) is 10.3. The second-order valence-electron chi connectivity index (χ2n) is 16.9. The van der Waals surface area contributed by atoms with Gasteiger partial charge in [0.05, 0.1) is 23.4 Å². The minimum absolute atomic E-state index is 0.182. The largest absolute Gasteiger partial charge is 0.444 e. The summed E-state index contributed by atoms with van der Waals surface area (Å²) in [6.07, 6.45) is 2.98. The Balaban J connectivity index is 1.24. The summed E-state index contributed by atoms with van der Waals surface area (Å²) in [5.41, 5.74) is 1.80. The van der Waals surface area contributed by atoms with Crippen LogP contribution < -0.4 is 5.32 Å². The van der Waals surface area contributed by atoms with Gasteiger partial charge < -0.3 is 24.5 Å². The molecule has 54 heavy (non-hydrogen) atoms. The Bertz CT molecular complexity index is 2050. The number of imidazole rings is 1. The predicted octanol–water partition coefficient (Wildman–Crippen LogP) is 8.29. The van der Waals surface area contributed by atoms with Crippen molar-refractivity contribution in [3.63, 3.8) is 0 Å². The van der Waals surface area contributed by atoms with Crippen molar-refractivity contribution in [2.75, 3.05) is 18.4 Å². The first-order valence-corrected chi connectivity index (χ1v) is 18.5. The van der Waals surface area contributed by atoms with E-state index in [1.807, 2.05) is 63.2 Å². The molecule has 3 amide bonds. The van der Waals surface area contributed by atoms with E-state index in [0.717, 1.165) is 39.9 Å². The third kappa shape index (κ3) is 8.69. The molecule has 2 aromatic heterocycles. The Morgan fingerprint density at radius 2 is 1.28 bits per heavy atom. The predicted molar refractivity (Wildman–Crippen MR) is 204 cm³/mol. The molecule has 0 aliphatic carbocycles. The van der Waals surface area contributed by atoms with E-state index in [2.05, 4.69) is 20.4 Å². The van der Waals surface area contributed by atoms with Gasteiger partial charge in [-0.2, -0.15) is 4.68 Å². The molecule has 2 aliphatic rings. The van der Waals surface area contributed by atoms with Crippen molar-refractivity contribution >= 4 is 40.9 Å². The van der Waals surface area contributed by atoms with Crippen LogP contribution in [0.25, 0.3) is 33.3 Å². The van der Waals surface area contributed by atoms with Crippen LogP contribution in [-0.4, -0.2) is 89.7 Å². The normalized spacial score (nSPS) is 17.9. The zero-order valence-corrected chi connectivity index (χ0v) is 32.6. The molecule has 14 heteroatoms. The number of H-pyrrole nitrogens is 1. The fourth-order valence-corrected chi connectivity index (χ4v) is 6.69. The maximum absolute atomic E-state index is 13.6. The Labute approximate surface area is 315 Å². The Morgan fingerprint density at radius 1 is 0.722 bits per heavy atom. The molecule has 288 valence electrons. The van der Waals surface area contributed by atoms with Crippen molar-refractivity contribution < 1.29 is 33.4 Å². The summed E-state index contributed by atoms with van der Waals surface area (Å²) >= 11 is 0. The number of aromatic nitrogens is 4. The number of hydrogen-bond donors (Lipinski definition) is 2. The molecule has 2 aliphatic heterocycles. The molecular weight excluding hydrogens is 690 g/mol. The number of fused-ring (bicyclic) bond motifs is 1. The van der Waals surface area contributed by atoms with Gasteiger partial charge in [-0.3, -0.25) is 14.6 Å². The monoisotopic (exact) mass is 741 g/mol. The Hall–Kier alpha value is -5.40. The summed E-state index contributed by atoms with van der Waals surface area (Å²) in [6.45, 7) is 17.2. The molecule has 14 nitrogen and oxygen atoms in total. The number of carbonyl (C=O) groups excluding carboxylic acids is 4. The number of benzene rings is 2. The highest BCUT2D eigenvalue weighted by Gasteiger charge is 2.38. The molecule has 4 aromatic rings. The van der Waals surface area contributed by atoms with Crippen molar-refractivity contribution in [2.45, 2.75) is 117 Å². The average Bonchev–Trinajstić information content (AvgIpc) is 3.88. The lowest BCUT2D eigenvalue weighted by Gasteiger charge is -2.27. The molecule has 6 rings (SSSR count). The van der Waals surface area contributed by atoms with Crippen LogP contribution >= 0.6 is 0 Å². The third-order valence-corrected chi connectivity index (χ3v) is 8.99. The third-order valence-electron chi connectivity index (χ3n) is 8.99. The molecule has 2 aromatic carbocycles. The first kappa shape index (κ1) is 38.3. The lowest BCUT2D eigenvalue weighted by Crippen LogP contribution is -2.45. The minimum Gasteiger partial charge on any atom is -0.444 e. The van der Waals surface area contributed by atoms with E-state index in [1.54, 1.807) is 52.6 Å². The molecule has 0 unspecified atom stereocenters. The molecule has 0 radical (unpaired) electrons. The van der Waals surface area contributed by atoms with E-state index in [1.165, 1.54) is 4.90 Å². The quantitative estimate of drug-likeness (QED) is 0.192. The number of ether oxygens (including phenoxy) is 3. The molecule has 0 bridgehead atoms. The van der Waals surface area contributed by atoms with Gasteiger partial charge in [0.25, 0.3) is 0 Å². The van der Waals surface area contributed by atoms with Crippen LogP contribution in [0, 0.1) is 0 Å². The SMILES string of the molecule is CC(C)(C)OC(=O)N1CCC[C@H]1C(=O)Nc1nn(C(=O)OC(C)(C)C)c2cc(-c3ccc(-c4cnc([C@@H]5CCCN5C(=O)OC(C)(C)C)[nH]4)cc3)ccc12. The summed E-state index contributed by atoms with van der Waals surface area (Å²) in [6, 6.07) is 12.5. The maximum Gasteiger partial charge on any atom is 0.435 e. The first-order valence-electron chi connectivity index (χ1n) is 18.5. The van der Waals surface area contributed by atoms with E-state index in [0.29, 0.717) is 42.7 Å². The van der Waals surface area contributed by atoms with Gasteiger partial charge in [0.15, 0.2) is 5.82 Å². The number of nitrogens with zero attached hydrogens (tertiary/aromatic N) is 5. The zero-order chi connectivity index (χ0) is 39.2. The second kappa shape index (κ2) is 14.4. The molecule has 4 heterocycles. The number of carbonyl (C=O) groups is 4. The highest BCUT2D eigenvalue weighted by atomic mass is 16.6. The summed E-state index contributed by atoms with van der Waals surface area (Å²) in [5, 5.41) is 7.91. The first-order chi connectivity index (χ1) is 25.3. The van der Waals surface area contributed by atoms with E-state index < -0.39 is 40.9 Å². The minimum atomic E-state index is -0.789. The number of hydrogen-bond acceptors (Lipinski definition) is 9. The van der Waals surface area contributed by atoms with Gasteiger partial charge in [0.1, 0.15) is 28.7 Å². The molecule has 2 atom stereocenters. The van der Waals surface area contributed by atoms with Gasteiger partial charge in [-0.1, -0.05) is 30.3 Å². The van der Waals surface area contributed by atoms with Crippen molar-refractivity contribution in [2.24, 2.45) is 0 Å². The van der Waals surface area contributed by atoms with Gasteiger partial charge in [0.2, 0.25) is 5.91 Å². The standard InChI is InChI=1S/C40H51N7O7/c1-38(2,3)52-35(49)45-20-10-12-29(45)33-41-23-28(42-33)25-16-14-24(15-17-25)26-18-19-27-31(22-26)47(37(51)54-40(7,8)9)44-32(27)43-34(48)30-13-11-21-46(30)36(50)53-39(4,5)6/h14-19,22-23,29-30H,10-13,20-21H2,1-9H3,(H,41,42)(H,43,44,48)/t29-,30-/m0/s1. The van der Waals surface area contributed by atoms with E-state index in [4.69, 9.17) is 14.2 Å². The lowest BCUT2D eigenvalue weighted by molar-refractivity contribution is -0.120. The Morgan fingerprint density at radius 3 is 1.93 bits per heavy atom. The zero-order valence-electron chi connectivity index (χ0n) is 32.6. The second-order valence-corrected chi connectivity index (χ2v) is 16.9. The highest BCUT2D eigenvalue weighted by Crippen LogP contribution is 2.35. The fraction of sp³-hybridized carbons (Fsp3) is 0.500. The van der Waals surface area contributed by atoms with Crippen molar-refractivity contribution in [1.82, 2.24) is 29.5 Å². The van der Waals surface area contributed by atoms with Crippen LogP contribution in [-0.2, 0) is 19.0 Å². The van der Waals surface area contributed by atoms with E-state index in [9.17, 15) is 19.2 Å². The van der Waals surface area contributed by atoms with Gasteiger partial charge in [-0.25, -0.2) is 19.4 Å². The number of anilines is 1. The summed E-state index contributed by atoms with van der Waals surface area (Å²) in [5.74, 6) is 0.481. The average molecular weight is 742 g/mol. The summed E-state index contributed by atoms with van der Waals surface area (Å²) in [4.78, 5) is 64.0. The molecule has 0 saturated carbocycles. The molecular formula is C40H51N7O7. The number of nitrogens with one attached hydrogen (secondary N) is 2. The molecule has 2 saturated heterocycles. The number of likely N-dealkylation sites (tertiary alicyclic amines) is 2. The van der Waals surface area contributed by atoms with E-state index >= 15 is 0 Å². The fourth-order valence-electron chi connectivity index (χ4n) is 6.69. The van der Waals surface area contributed by atoms with Crippen molar-refractivity contribution in [3.05, 3.63) is 54.5 Å². The summed E-state index contributed by atoms with van der Waals surface area (Å²) < 4.78 is 18.0. The van der Waals surface area contributed by atoms with E-state index in [-0.39, 0.29) is 18.0 Å². The number of rotatable bonds is 5. The van der Waals surface area contributed by atoms with Crippen LogP contribution in [0.3, 0.4) is 0 Å². The van der Waals surface area contributed by atoms with Crippen molar-refractivity contribution in [3.8, 4) is 22.4 Å². The lowest BCUT2D eigenvalue weighted by atomic mass is 10.0. The van der Waals surface area contributed by atoms with Gasteiger partial charge in [-0.15, -0.1) is 5.10 Å². The van der Waals surface area contributed by atoms with Crippen LogP contribution in [0.1, 0.15) is 99.9 Å². The topological polar surface area (TPSA) is 161 Å². The smallest absolute Gasteiger partial charge is 0.435 e. The number of aromatic amines is 1. The van der Waals surface area contributed by atoms with Crippen LogP contribution in [0.4, 0.5) is 20.2 Å². The van der Waals surface area contributed by atoms with Crippen molar-refractivity contribution in [1.29, 1.82) is 0 Å². The van der Waals surface area contributed by atoms with Gasteiger partial charge >= 0.3 is 18.3 Å². The highest BCUT2D eigenvalue weighted by molar-refractivity contribution is 6.05. The summed E-state index contributed by atoms with van der Waals surface area (Å²) in [7, 11) is 0. The molecule has 2 fully saturated rings. The maximum atomic E-state index is 13.6. The van der Waals surface area contributed by atoms with Crippen LogP contribution in [0.15, 0.2) is 48.7 Å². The number of amides is 3. The van der Waals surface area contributed by atoms with Gasteiger partial charge in [0, 0.05) is 18.5 Å².